The normalized spacial score (nSPS) is 11.6. The van der Waals surface area contributed by atoms with Crippen LogP contribution >= 0.6 is 22.9 Å². The van der Waals surface area contributed by atoms with E-state index in [1.54, 1.807) is 31.2 Å². The fourth-order valence-corrected chi connectivity index (χ4v) is 4.48. The Bertz CT molecular complexity index is 737. The Morgan fingerprint density at radius 1 is 1.38 bits per heavy atom. The molecule has 0 saturated carbocycles. The van der Waals surface area contributed by atoms with Crippen LogP contribution in [-0.4, -0.2) is 15.5 Å². The van der Waals surface area contributed by atoms with Gasteiger partial charge in [-0.2, -0.15) is 0 Å². The lowest BCUT2D eigenvalue weighted by molar-refractivity contribution is 0.417. The Labute approximate surface area is 132 Å². The molecule has 0 unspecified atom stereocenters. The SMILES string of the molecule is COc1ccc(CNS(=O)(=O)c2cc(C)c(Cl)s2)cc1N. The number of halogens is 1. The Morgan fingerprint density at radius 2 is 2.10 bits per heavy atom. The van der Waals surface area contributed by atoms with E-state index in [9.17, 15) is 8.42 Å². The summed E-state index contributed by atoms with van der Waals surface area (Å²) in [5, 5.41) is 0. The van der Waals surface area contributed by atoms with E-state index in [0.29, 0.717) is 15.8 Å². The number of thiophene rings is 1. The molecule has 2 aromatic rings. The van der Waals surface area contributed by atoms with Crippen molar-refractivity contribution in [1.29, 1.82) is 0 Å². The number of methoxy groups -OCH3 is 1. The lowest BCUT2D eigenvalue weighted by Gasteiger charge is -2.08. The number of hydrogen-bond acceptors (Lipinski definition) is 5. The van der Waals surface area contributed by atoms with Gasteiger partial charge in [-0.1, -0.05) is 17.7 Å². The summed E-state index contributed by atoms with van der Waals surface area (Å²) in [6.45, 7) is 1.91. The van der Waals surface area contributed by atoms with Crippen molar-refractivity contribution in [3.8, 4) is 5.75 Å². The molecule has 0 saturated heterocycles. The standard InChI is InChI=1S/C13H15ClN2O3S2/c1-8-5-12(20-13(8)14)21(17,18)16-7-9-3-4-11(19-2)10(15)6-9/h3-6,16H,7,15H2,1-2H3. The minimum atomic E-state index is -3.58. The molecule has 0 bridgehead atoms. The highest BCUT2D eigenvalue weighted by molar-refractivity contribution is 7.91. The van der Waals surface area contributed by atoms with Gasteiger partial charge in [0.05, 0.1) is 17.1 Å². The average Bonchev–Trinajstić information content (AvgIpc) is 2.77. The first-order valence-electron chi connectivity index (χ1n) is 6.01. The summed E-state index contributed by atoms with van der Waals surface area (Å²) in [4.78, 5) is 0. The van der Waals surface area contributed by atoms with E-state index in [-0.39, 0.29) is 10.8 Å². The summed E-state index contributed by atoms with van der Waals surface area (Å²) >= 11 is 6.94. The fraction of sp³-hybridized carbons (Fsp3) is 0.231. The number of sulfonamides is 1. The minimum absolute atomic E-state index is 0.144. The van der Waals surface area contributed by atoms with E-state index < -0.39 is 10.0 Å². The summed E-state index contributed by atoms with van der Waals surface area (Å²) in [6.07, 6.45) is 0. The zero-order valence-electron chi connectivity index (χ0n) is 11.5. The van der Waals surface area contributed by atoms with Gasteiger partial charge in [0.25, 0.3) is 0 Å². The molecule has 2 rings (SSSR count). The summed E-state index contributed by atoms with van der Waals surface area (Å²) in [6, 6.07) is 6.68. The third-order valence-corrected chi connectivity index (χ3v) is 6.29. The minimum Gasteiger partial charge on any atom is -0.495 e. The van der Waals surface area contributed by atoms with Crippen molar-refractivity contribution >= 4 is 38.6 Å². The molecule has 21 heavy (non-hydrogen) atoms. The average molecular weight is 347 g/mol. The highest BCUT2D eigenvalue weighted by Gasteiger charge is 2.18. The van der Waals surface area contributed by atoms with Crippen LogP contribution in [0.5, 0.6) is 5.75 Å². The topological polar surface area (TPSA) is 81.4 Å². The van der Waals surface area contributed by atoms with Crippen LogP contribution < -0.4 is 15.2 Å². The molecule has 1 aromatic heterocycles. The summed E-state index contributed by atoms with van der Waals surface area (Å²) in [7, 11) is -2.05. The number of nitrogens with one attached hydrogen (secondary N) is 1. The first-order valence-corrected chi connectivity index (χ1v) is 8.69. The molecule has 0 amide bonds. The number of hydrogen-bond donors (Lipinski definition) is 2. The molecule has 0 radical (unpaired) electrons. The van der Waals surface area contributed by atoms with Crippen LogP contribution in [0.1, 0.15) is 11.1 Å². The molecule has 0 atom stereocenters. The quantitative estimate of drug-likeness (QED) is 0.816. The van der Waals surface area contributed by atoms with Crippen LogP contribution in [0.15, 0.2) is 28.5 Å². The van der Waals surface area contributed by atoms with Crippen LogP contribution in [0.25, 0.3) is 0 Å². The highest BCUT2D eigenvalue weighted by Crippen LogP contribution is 2.30. The molecule has 114 valence electrons. The maximum atomic E-state index is 12.2. The number of ether oxygens (including phenoxy) is 1. The van der Waals surface area contributed by atoms with Gasteiger partial charge in [-0.3, -0.25) is 0 Å². The van der Waals surface area contributed by atoms with E-state index in [2.05, 4.69) is 4.72 Å². The van der Waals surface area contributed by atoms with Crippen molar-refractivity contribution in [3.63, 3.8) is 0 Å². The largest absolute Gasteiger partial charge is 0.495 e. The maximum absolute atomic E-state index is 12.2. The number of nitrogen functional groups attached to an aromatic ring is 1. The highest BCUT2D eigenvalue weighted by atomic mass is 35.5. The van der Waals surface area contributed by atoms with Gasteiger partial charge < -0.3 is 10.5 Å². The van der Waals surface area contributed by atoms with Gasteiger partial charge in [0.15, 0.2) is 0 Å². The maximum Gasteiger partial charge on any atom is 0.250 e. The number of anilines is 1. The van der Waals surface area contributed by atoms with Crippen LogP contribution in [-0.2, 0) is 16.6 Å². The fourth-order valence-electron chi connectivity index (χ4n) is 1.71. The number of aryl methyl sites for hydroxylation is 1. The summed E-state index contributed by atoms with van der Waals surface area (Å²) in [5.74, 6) is 0.558. The molecule has 0 fully saturated rings. The van der Waals surface area contributed by atoms with Crippen molar-refractivity contribution in [3.05, 3.63) is 39.7 Å². The molecule has 5 nitrogen and oxygen atoms in total. The molecule has 0 aliphatic carbocycles. The molecular formula is C13H15ClN2O3S2. The van der Waals surface area contributed by atoms with Crippen LogP contribution in [0.2, 0.25) is 4.34 Å². The summed E-state index contributed by atoms with van der Waals surface area (Å²) < 4.78 is 32.6. The third kappa shape index (κ3) is 3.68. The van der Waals surface area contributed by atoms with Crippen molar-refractivity contribution in [2.24, 2.45) is 0 Å². The van der Waals surface area contributed by atoms with Gasteiger partial charge in [0.2, 0.25) is 10.0 Å². The van der Waals surface area contributed by atoms with Crippen molar-refractivity contribution < 1.29 is 13.2 Å². The predicted octanol–water partition coefficient (Wildman–Crippen LogP) is 2.78. The summed E-state index contributed by atoms with van der Waals surface area (Å²) in [5.41, 5.74) is 7.74. The molecule has 1 aromatic carbocycles. The number of benzene rings is 1. The van der Waals surface area contributed by atoms with E-state index in [0.717, 1.165) is 22.5 Å². The first-order chi connectivity index (χ1) is 9.83. The number of rotatable bonds is 5. The molecule has 1 heterocycles. The molecule has 8 heteroatoms. The zero-order valence-corrected chi connectivity index (χ0v) is 13.9. The molecule has 3 N–H and O–H groups in total. The molecule has 0 aliphatic heterocycles. The Hall–Kier alpha value is -1.28. The molecule has 0 aliphatic rings. The van der Waals surface area contributed by atoms with Gasteiger partial charge in [-0.25, -0.2) is 13.1 Å². The Balaban J connectivity index is 2.13. The first kappa shape index (κ1) is 16.1. The van der Waals surface area contributed by atoms with E-state index in [1.165, 1.54) is 7.11 Å². The third-order valence-electron chi connectivity index (χ3n) is 2.86. The number of nitrogens with two attached hydrogens (primary N) is 1. The second-order valence-corrected chi connectivity index (χ2v) is 8.07. The monoisotopic (exact) mass is 346 g/mol. The van der Waals surface area contributed by atoms with Crippen molar-refractivity contribution in [2.45, 2.75) is 17.7 Å². The second-order valence-electron chi connectivity index (χ2n) is 4.42. The van der Waals surface area contributed by atoms with E-state index in [1.807, 2.05) is 0 Å². The van der Waals surface area contributed by atoms with Gasteiger partial charge in [-0.15, -0.1) is 11.3 Å². The van der Waals surface area contributed by atoms with Gasteiger partial charge in [-0.05, 0) is 36.2 Å². The zero-order chi connectivity index (χ0) is 15.6. The van der Waals surface area contributed by atoms with Crippen LogP contribution in [0.3, 0.4) is 0 Å². The van der Waals surface area contributed by atoms with Gasteiger partial charge in [0.1, 0.15) is 9.96 Å². The van der Waals surface area contributed by atoms with E-state index in [4.69, 9.17) is 22.1 Å². The lowest BCUT2D eigenvalue weighted by atomic mass is 10.2. The van der Waals surface area contributed by atoms with Crippen molar-refractivity contribution in [1.82, 2.24) is 4.72 Å². The molecule has 0 spiro atoms. The van der Waals surface area contributed by atoms with E-state index >= 15 is 0 Å². The lowest BCUT2D eigenvalue weighted by Crippen LogP contribution is -2.22. The van der Waals surface area contributed by atoms with Gasteiger partial charge in [0, 0.05) is 6.54 Å². The van der Waals surface area contributed by atoms with Crippen LogP contribution in [0, 0.1) is 6.92 Å². The Kier molecular flexibility index (Phi) is 4.77. The predicted molar refractivity (Wildman–Crippen MR) is 85.5 cm³/mol. The van der Waals surface area contributed by atoms with Gasteiger partial charge >= 0.3 is 0 Å². The Morgan fingerprint density at radius 3 is 2.62 bits per heavy atom. The van der Waals surface area contributed by atoms with Crippen molar-refractivity contribution in [2.75, 3.05) is 12.8 Å². The smallest absolute Gasteiger partial charge is 0.250 e. The molecular weight excluding hydrogens is 332 g/mol. The second kappa shape index (κ2) is 6.23. The van der Waals surface area contributed by atoms with Crippen LogP contribution in [0.4, 0.5) is 5.69 Å².